The van der Waals surface area contributed by atoms with Gasteiger partial charge in [0, 0.05) is 18.2 Å². The van der Waals surface area contributed by atoms with Gasteiger partial charge in [0.1, 0.15) is 12.3 Å². The molecule has 3 rings (SSSR count). The molecule has 3 N–H and O–H groups in total. The lowest BCUT2D eigenvalue weighted by Gasteiger charge is -2.24. The minimum atomic E-state index is -4.20. The van der Waals surface area contributed by atoms with Gasteiger partial charge in [0.25, 0.3) is 15.9 Å². The van der Waals surface area contributed by atoms with E-state index in [2.05, 4.69) is 15.8 Å². The number of para-hydroxylation sites is 1. The monoisotopic (exact) mass is 526 g/mol. The standard InChI is InChI=1S/C25H26N4O7S/c1-17(30)27-19-7-13-22(14-8-19)37(33,34)29(20-9-11-21(35-2)12-10-20)16-24(31)28-26-15-18-5-4-6-23(36-3)25(18)32/h4-15,32H,16H2,1-3H3,(H,27,30)(H,28,31). The van der Waals surface area contributed by atoms with Gasteiger partial charge >= 0.3 is 0 Å². The number of hydrazone groups is 1. The number of nitrogens with one attached hydrogen (secondary N) is 2. The van der Waals surface area contributed by atoms with Gasteiger partial charge in [-0.25, -0.2) is 13.8 Å². The summed E-state index contributed by atoms with van der Waals surface area (Å²) in [4.78, 5) is 23.9. The summed E-state index contributed by atoms with van der Waals surface area (Å²) >= 11 is 0. The van der Waals surface area contributed by atoms with E-state index < -0.39 is 22.5 Å². The number of anilines is 2. The van der Waals surface area contributed by atoms with Crippen molar-refractivity contribution in [3.63, 3.8) is 0 Å². The second-order valence-corrected chi connectivity index (χ2v) is 9.47. The minimum absolute atomic E-state index is 0.0879. The molecule has 12 heteroatoms. The van der Waals surface area contributed by atoms with Crippen LogP contribution in [0.3, 0.4) is 0 Å². The summed E-state index contributed by atoms with van der Waals surface area (Å²) in [5.74, 6) is -0.444. The zero-order valence-electron chi connectivity index (χ0n) is 20.3. The van der Waals surface area contributed by atoms with E-state index in [1.807, 2.05) is 0 Å². The van der Waals surface area contributed by atoms with Crippen LogP contribution in [0.2, 0.25) is 0 Å². The lowest BCUT2D eigenvalue weighted by atomic mass is 10.2. The van der Waals surface area contributed by atoms with Crippen molar-refractivity contribution in [3.05, 3.63) is 72.3 Å². The summed E-state index contributed by atoms with van der Waals surface area (Å²) in [7, 11) is -1.32. The molecule has 0 aromatic heterocycles. The first-order chi connectivity index (χ1) is 17.6. The number of sulfonamides is 1. The normalized spacial score (nSPS) is 11.1. The number of nitrogens with zero attached hydrogens (tertiary/aromatic N) is 2. The number of amides is 2. The van der Waals surface area contributed by atoms with Crippen LogP contribution in [0.1, 0.15) is 12.5 Å². The Morgan fingerprint density at radius 1 is 1.00 bits per heavy atom. The molecule has 37 heavy (non-hydrogen) atoms. The molecule has 194 valence electrons. The molecule has 0 fully saturated rings. The van der Waals surface area contributed by atoms with Crippen LogP contribution in [-0.2, 0) is 19.6 Å². The van der Waals surface area contributed by atoms with Crippen LogP contribution in [0, 0.1) is 0 Å². The molecule has 11 nitrogen and oxygen atoms in total. The predicted molar refractivity (Wildman–Crippen MR) is 139 cm³/mol. The van der Waals surface area contributed by atoms with Gasteiger partial charge < -0.3 is 19.9 Å². The lowest BCUT2D eigenvalue weighted by molar-refractivity contribution is -0.119. The van der Waals surface area contributed by atoms with Gasteiger partial charge in [0.2, 0.25) is 5.91 Å². The van der Waals surface area contributed by atoms with Crippen molar-refractivity contribution >= 4 is 39.4 Å². The molecule has 0 radical (unpaired) electrons. The van der Waals surface area contributed by atoms with Crippen molar-refractivity contribution in [1.82, 2.24) is 5.43 Å². The summed E-state index contributed by atoms with van der Waals surface area (Å²) in [6, 6.07) is 16.5. The Labute approximate surface area is 214 Å². The number of hydrogen-bond donors (Lipinski definition) is 3. The molecule has 0 heterocycles. The van der Waals surface area contributed by atoms with Crippen LogP contribution >= 0.6 is 0 Å². The molecule has 3 aromatic carbocycles. The van der Waals surface area contributed by atoms with Crippen molar-refractivity contribution < 1.29 is 32.6 Å². The molecule has 0 spiro atoms. The van der Waals surface area contributed by atoms with Gasteiger partial charge in [0.05, 0.1) is 31.0 Å². The van der Waals surface area contributed by atoms with Crippen molar-refractivity contribution in [2.24, 2.45) is 5.10 Å². The molecule has 0 aliphatic heterocycles. The highest BCUT2D eigenvalue weighted by Gasteiger charge is 2.27. The van der Waals surface area contributed by atoms with Gasteiger partial charge in [-0.05, 0) is 60.7 Å². The topological polar surface area (TPSA) is 147 Å². The van der Waals surface area contributed by atoms with E-state index in [9.17, 15) is 23.1 Å². The first-order valence-electron chi connectivity index (χ1n) is 10.9. The van der Waals surface area contributed by atoms with Gasteiger partial charge in [-0.2, -0.15) is 5.10 Å². The molecule has 0 saturated heterocycles. The fourth-order valence-electron chi connectivity index (χ4n) is 3.25. The molecular weight excluding hydrogens is 500 g/mol. The maximum Gasteiger partial charge on any atom is 0.264 e. The average molecular weight is 527 g/mol. The third-order valence-electron chi connectivity index (χ3n) is 5.05. The van der Waals surface area contributed by atoms with Crippen molar-refractivity contribution in [2.45, 2.75) is 11.8 Å². The van der Waals surface area contributed by atoms with E-state index in [0.29, 0.717) is 17.0 Å². The summed E-state index contributed by atoms with van der Waals surface area (Å²) in [6.45, 7) is 0.746. The number of rotatable bonds is 10. The molecule has 0 bridgehead atoms. The zero-order chi connectivity index (χ0) is 27.0. The van der Waals surface area contributed by atoms with Crippen molar-refractivity contribution in [3.8, 4) is 17.2 Å². The van der Waals surface area contributed by atoms with Gasteiger partial charge in [-0.3, -0.25) is 13.9 Å². The van der Waals surface area contributed by atoms with Crippen LogP contribution in [0.15, 0.2) is 76.7 Å². The summed E-state index contributed by atoms with van der Waals surface area (Å²) in [6.07, 6.45) is 1.21. The van der Waals surface area contributed by atoms with E-state index >= 15 is 0 Å². The van der Waals surface area contributed by atoms with Crippen LogP contribution < -0.4 is 24.5 Å². The number of hydrogen-bond acceptors (Lipinski definition) is 8. The second-order valence-electron chi connectivity index (χ2n) is 7.61. The first-order valence-corrected chi connectivity index (χ1v) is 12.3. The minimum Gasteiger partial charge on any atom is -0.504 e. The maximum atomic E-state index is 13.5. The van der Waals surface area contributed by atoms with Crippen molar-refractivity contribution in [2.75, 3.05) is 30.4 Å². The predicted octanol–water partition coefficient (Wildman–Crippen LogP) is 2.71. The van der Waals surface area contributed by atoms with Crippen LogP contribution in [0.4, 0.5) is 11.4 Å². The van der Waals surface area contributed by atoms with Crippen LogP contribution in [0.5, 0.6) is 17.2 Å². The Hall–Kier alpha value is -4.58. The van der Waals surface area contributed by atoms with Gasteiger partial charge in [-0.15, -0.1) is 0 Å². The Balaban J connectivity index is 1.86. The number of methoxy groups -OCH3 is 2. The highest BCUT2D eigenvalue weighted by atomic mass is 32.2. The molecule has 0 aliphatic rings. The summed E-state index contributed by atoms with van der Waals surface area (Å²) in [5, 5.41) is 16.5. The number of phenolic OH excluding ortho intramolecular Hbond substituents is 1. The van der Waals surface area contributed by atoms with E-state index in [4.69, 9.17) is 9.47 Å². The fourth-order valence-corrected chi connectivity index (χ4v) is 4.67. The van der Waals surface area contributed by atoms with Crippen molar-refractivity contribution in [1.29, 1.82) is 0 Å². The number of benzene rings is 3. The number of carbonyl (C=O) groups excluding carboxylic acids is 2. The SMILES string of the molecule is COc1ccc(N(CC(=O)NN=Cc2cccc(OC)c2O)S(=O)(=O)c2ccc(NC(C)=O)cc2)cc1. The second kappa shape index (κ2) is 11.9. The number of carbonyl (C=O) groups is 2. The van der Waals surface area contributed by atoms with E-state index in [1.54, 1.807) is 30.3 Å². The van der Waals surface area contributed by atoms with E-state index in [1.165, 1.54) is 63.8 Å². The lowest BCUT2D eigenvalue weighted by Crippen LogP contribution is -2.39. The molecule has 0 atom stereocenters. The fraction of sp³-hybridized carbons (Fsp3) is 0.160. The highest BCUT2D eigenvalue weighted by Crippen LogP contribution is 2.28. The zero-order valence-corrected chi connectivity index (χ0v) is 21.2. The van der Waals surface area contributed by atoms with Crippen LogP contribution in [-0.4, -0.2) is 52.3 Å². The largest absolute Gasteiger partial charge is 0.504 e. The number of phenols is 1. The smallest absolute Gasteiger partial charge is 0.264 e. The molecule has 0 unspecified atom stereocenters. The van der Waals surface area contributed by atoms with E-state index in [0.717, 1.165) is 4.31 Å². The number of aromatic hydroxyl groups is 1. The van der Waals surface area contributed by atoms with Gasteiger partial charge in [0.15, 0.2) is 11.5 Å². The van der Waals surface area contributed by atoms with E-state index in [-0.39, 0.29) is 28.0 Å². The van der Waals surface area contributed by atoms with Gasteiger partial charge in [-0.1, -0.05) is 6.07 Å². The molecule has 2 amide bonds. The molecule has 3 aromatic rings. The first kappa shape index (κ1) is 27.0. The Kier molecular flexibility index (Phi) is 8.69. The third kappa shape index (κ3) is 6.76. The quantitative estimate of drug-likeness (QED) is 0.272. The Morgan fingerprint density at radius 3 is 2.27 bits per heavy atom. The summed E-state index contributed by atoms with van der Waals surface area (Å²) < 4.78 is 38.1. The molecule has 0 aliphatic carbocycles. The van der Waals surface area contributed by atoms with Crippen LogP contribution in [0.25, 0.3) is 0 Å². The third-order valence-corrected chi connectivity index (χ3v) is 6.84. The average Bonchev–Trinajstić information content (AvgIpc) is 2.88. The Bertz CT molecular complexity index is 1390. The molecule has 0 saturated carbocycles. The Morgan fingerprint density at radius 2 is 1.68 bits per heavy atom. The summed E-state index contributed by atoms with van der Waals surface area (Å²) in [5.41, 5.74) is 3.21. The maximum absolute atomic E-state index is 13.5. The number of ether oxygens (including phenoxy) is 2. The molecular formula is C25H26N4O7S. The highest BCUT2D eigenvalue weighted by molar-refractivity contribution is 7.92.